The molecule has 0 bridgehead atoms. The number of nitrogens with two attached hydrogens (primary N) is 1. The SMILES string of the molecule is CC1C(=O)Nc2ncnc(N3CCN(C(=O)[C@](O)(CN)c4ccc(Cl)s4)CC3)c21. The van der Waals surface area contributed by atoms with Gasteiger partial charge in [-0.2, -0.15) is 0 Å². The monoisotopic (exact) mass is 436 g/mol. The van der Waals surface area contributed by atoms with Gasteiger partial charge in [0, 0.05) is 43.2 Å². The molecule has 1 fully saturated rings. The predicted molar refractivity (Wildman–Crippen MR) is 110 cm³/mol. The first-order valence-corrected chi connectivity index (χ1v) is 10.4. The summed E-state index contributed by atoms with van der Waals surface area (Å²) in [6.45, 7) is 3.42. The molecule has 0 saturated carbocycles. The number of anilines is 2. The maximum absolute atomic E-state index is 13.0. The number of carbonyl (C=O) groups is 2. The number of piperazine rings is 1. The smallest absolute Gasteiger partial charge is 0.261 e. The number of rotatable bonds is 4. The molecule has 4 rings (SSSR count). The largest absolute Gasteiger partial charge is 0.374 e. The quantitative estimate of drug-likeness (QED) is 0.645. The molecule has 4 heterocycles. The fourth-order valence-electron chi connectivity index (χ4n) is 3.71. The molecule has 4 N–H and O–H groups in total. The van der Waals surface area contributed by atoms with E-state index in [4.69, 9.17) is 17.3 Å². The topological polar surface area (TPSA) is 125 Å². The highest BCUT2D eigenvalue weighted by Crippen LogP contribution is 2.37. The second-order valence-corrected chi connectivity index (χ2v) is 8.83. The Kier molecular flexibility index (Phi) is 5.19. The Bertz CT molecular complexity index is 961. The Morgan fingerprint density at radius 2 is 2.10 bits per heavy atom. The Labute approximate surface area is 176 Å². The van der Waals surface area contributed by atoms with Crippen molar-refractivity contribution in [3.8, 4) is 0 Å². The first kappa shape index (κ1) is 20.0. The molecule has 2 amide bonds. The molecule has 154 valence electrons. The lowest BCUT2D eigenvalue weighted by atomic mass is 9.99. The van der Waals surface area contributed by atoms with Crippen LogP contribution in [0.2, 0.25) is 4.34 Å². The predicted octanol–water partition coefficient (Wildman–Crippen LogP) is 0.742. The van der Waals surface area contributed by atoms with Crippen molar-refractivity contribution in [3.63, 3.8) is 0 Å². The summed E-state index contributed by atoms with van der Waals surface area (Å²) in [5.74, 6) is 0.381. The second-order valence-electron chi connectivity index (χ2n) is 7.12. The Balaban J connectivity index is 1.50. The number of nitrogens with one attached hydrogen (secondary N) is 1. The maximum Gasteiger partial charge on any atom is 0.261 e. The highest BCUT2D eigenvalue weighted by atomic mass is 35.5. The standard InChI is InChI=1S/C18H21ClN6O3S/c1-10-13-14(23-16(10)26)21-9-22-15(13)24-4-6-25(7-5-24)17(27)18(28,8-20)11-2-3-12(19)29-11/h2-3,9-10,28H,4-8,20H2,1H3,(H,21,22,23,26)/t10?,18-/m0/s1. The molecule has 1 unspecified atom stereocenters. The van der Waals surface area contributed by atoms with Crippen LogP contribution in [0.1, 0.15) is 23.3 Å². The van der Waals surface area contributed by atoms with Gasteiger partial charge in [-0.05, 0) is 19.1 Å². The van der Waals surface area contributed by atoms with Crippen molar-refractivity contribution in [2.75, 3.05) is 42.9 Å². The van der Waals surface area contributed by atoms with Gasteiger partial charge in [-0.1, -0.05) is 11.6 Å². The molecule has 2 aliphatic rings. The van der Waals surface area contributed by atoms with E-state index in [0.717, 1.165) is 16.9 Å². The van der Waals surface area contributed by atoms with Gasteiger partial charge in [-0.3, -0.25) is 9.59 Å². The molecule has 0 radical (unpaired) electrons. The molecule has 2 atom stereocenters. The Morgan fingerprint density at radius 1 is 1.38 bits per heavy atom. The lowest BCUT2D eigenvalue weighted by molar-refractivity contribution is -0.151. The highest BCUT2D eigenvalue weighted by Gasteiger charge is 2.42. The van der Waals surface area contributed by atoms with Crippen LogP contribution in [0.4, 0.5) is 11.6 Å². The molecule has 1 saturated heterocycles. The van der Waals surface area contributed by atoms with Crippen molar-refractivity contribution in [2.24, 2.45) is 5.73 Å². The van der Waals surface area contributed by atoms with Crippen LogP contribution in [0.3, 0.4) is 0 Å². The summed E-state index contributed by atoms with van der Waals surface area (Å²) in [7, 11) is 0. The van der Waals surface area contributed by atoms with Crippen LogP contribution in [0.15, 0.2) is 18.5 Å². The van der Waals surface area contributed by atoms with Crippen LogP contribution in [0.5, 0.6) is 0 Å². The van der Waals surface area contributed by atoms with Crippen molar-refractivity contribution in [2.45, 2.75) is 18.4 Å². The van der Waals surface area contributed by atoms with E-state index in [1.54, 1.807) is 17.0 Å². The zero-order valence-corrected chi connectivity index (χ0v) is 17.3. The molecule has 11 heteroatoms. The normalized spacial score (nSPS) is 21.0. The molecule has 0 aliphatic carbocycles. The minimum Gasteiger partial charge on any atom is -0.374 e. The van der Waals surface area contributed by atoms with Gasteiger partial charge in [0.1, 0.15) is 18.0 Å². The number of thiophene rings is 1. The van der Waals surface area contributed by atoms with E-state index in [-0.39, 0.29) is 18.4 Å². The maximum atomic E-state index is 13.0. The van der Waals surface area contributed by atoms with Crippen molar-refractivity contribution in [1.82, 2.24) is 14.9 Å². The van der Waals surface area contributed by atoms with Crippen LogP contribution in [0.25, 0.3) is 0 Å². The van der Waals surface area contributed by atoms with Gasteiger partial charge in [0.15, 0.2) is 5.60 Å². The second kappa shape index (κ2) is 7.52. The van der Waals surface area contributed by atoms with Gasteiger partial charge in [0.25, 0.3) is 5.91 Å². The first-order valence-electron chi connectivity index (χ1n) is 9.23. The summed E-state index contributed by atoms with van der Waals surface area (Å²) >= 11 is 7.11. The van der Waals surface area contributed by atoms with Crippen molar-refractivity contribution in [3.05, 3.63) is 33.2 Å². The summed E-state index contributed by atoms with van der Waals surface area (Å²) in [5.41, 5.74) is 4.75. The number of aromatic nitrogens is 2. The number of hydrogen-bond donors (Lipinski definition) is 3. The van der Waals surface area contributed by atoms with Crippen LogP contribution >= 0.6 is 22.9 Å². The third kappa shape index (κ3) is 3.35. The van der Waals surface area contributed by atoms with Gasteiger partial charge >= 0.3 is 0 Å². The summed E-state index contributed by atoms with van der Waals surface area (Å²) in [6, 6.07) is 3.27. The summed E-state index contributed by atoms with van der Waals surface area (Å²) in [5, 5.41) is 13.7. The lowest BCUT2D eigenvalue weighted by Crippen LogP contribution is -2.56. The first-order chi connectivity index (χ1) is 13.8. The number of nitrogens with zero attached hydrogens (tertiary/aromatic N) is 4. The highest BCUT2D eigenvalue weighted by molar-refractivity contribution is 7.16. The van der Waals surface area contributed by atoms with Gasteiger partial charge in [-0.15, -0.1) is 11.3 Å². The Morgan fingerprint density at radius 3 is 2.72 bits per heavy atom. The number of aliphatic hydroxyl groups is 1. The molecular formula is C18H21ClN6O3S. The van der Waals surface area contributed by atoms with E-state index in [1.807, 2.05) is 11.8 Å². The van der Waals surface area contributed by atoms with Gasteiger partial charge in [0.05, 0.1) is 10.3 Å². The van der Waals surface area contributed by atoms with E-state index in [2.05, 4.69) is 15.3 Å². The van der Waals surface area contributed by atoms with E-state index >= 15 is 0 Å². The molecule has 0 spiro atoms. The average Bonchev–Trinajstić information content (AvgIpc) is 3.30. The fraction of sp³-hybridized carbons (Fsp3) is 0.444. The van der Waals surface area contributed by atoms with Gasteiger partial charge in [0.2, 0.25) is 5.91 Å². The average molecular weight is 437 g/mol. The molecule has 2 aromatic rings. The fourth-order valence-corrected chi connectivity index (χ4v) is 4.84. The molecule has 29 heavy (non-hydrogen) atoms. The molecule has 0 aromatic carbocycles. The zero-order valence-electron chi connectivity index (χ0n) is 15.8. The van der Waals surface area contributed by atoms with Crippen LogP contribution < -0.4 is 16.0 Å². The van der Waals surface area contributed by atoms with Crippen LogP contribution in [-0.4, -0.2) is 64.5 Å². The number of amides is 2. The van der Waals surface area contributed by atoms with E-state index in [1.165, 1.54) is 6.33 Å². The number of fused-ring (bicyclic) bond motifs is 1. The minimum atomic E-state index is -1.79. The van der Waals surface area contributed by atoms with Gasteiger partial charge < -0.3 is 26.0 Å². The van der Waals surface area contributed by atoms with E-state index in [0.29, 0.717) is 47.0 Å². The number of halogens is 1. The molecule has 2 aliphatic heterocycles. The number of hydrogen-bond acceptors (Lipinski definition) is 8. The third-order valence-electron chi connectivity index (χ3n) is 5.43. The van der Waals surface area contributed by atoms with Crippen molar-refractivity contribution < 1.29 is 14.7 Å². The molecular weight excluding hydrogens is 416 g/mol. The lowest BCUT2D eigenvalue weighted by Gasteiger charge is -2.39. The summed E-state index contributed by atoms with van der Waals surface area (Å²) in [4.78, 5) is 37.6. The van der Waals surface area contributed by atoms with Crippen molar-refractivity contribution >= 4 is 46.4 Å². The summed E-state index contributed by atoms with van der Waals surface area (Å²) < 4.78 is 0.486. The zero-order chi connectivity index (χ0) is 20.8. The Hall–Kier alpha value is -2.27. The molecule has 2 aromatic heterocycles. The number of carbonyl (C=O) groups excluding carboxylic acids is 2. The van der Waals surface area contributed by atoms with E-state index < -0.39 is 11.5 Å². The van der Waals surface area contributed by atoms with Crippen molar-refractivity contribution in [1.29, 1.82) is 0 Å². The van der Waals surface area contributed by atoms with Gasteiger partial charge in [-0.25, -0.2) is 9.97 Å². The van der Waals surface area contributed by atoms with Crippen LogP contribution in [0, 0.1) is 0 Å². The minimum absolute atomic E-state index is 0.0989. The summed E-state index contributed by atoms with van der Waals surface area (Å²) in [6.07, 6.45) is 1.43. The molecule has 9 nitrogen and oxygen atoms in total. The van der Waals surface area contributed by atoms with Crippen LogP contribution in [-0.2, 0) is 15.2 Å². The van der Waals surface area contributed by atoms with E-state index in [9.17, 15) is 14.7 Å². The third-order valence-corrected chi connectivity index (χ3v) is 6.81.